The second kappa shape index (κ2) is 4.40. The van der Waals surface area contributed by atoms with Crippen LogP contribution in [0.2, 0.25) is 0 Å². The summed E-state index contributed by atoms with van der Waals surface area (Å²) in [6, 6.07) is 0.503. The third kappa shape index (κ3) is 2.35. The Bertz CT molecular complexity index is 214. The number of hydrogen-bond acceptors (Lipinski definition) is 3. The largest absolute Gasteiger partial charge is 0.376 e. The predicted molar refractivity (Wildman–Crippen MR) is 60.0 cm³/mol. The molecule has 1 aliphatic heterocycles. The fraction of sp³-hybridized carbons (Fsp3) is 1.00. The second-order valence-electron chi connectivity index (χ2n) is 5.40. The first-order valence-electron chi connectivity index (χ1n) is 6.10. The van der Waals surface area contributed by atoms with Crippen molar-refractivity contribution in [2.24, 2.45) is 5.41 Å². The van der Waals surface area contributed by atoms with Gasteiger partial charge in [0.05, 0.1) is 19.3 Å². The molecule has 0 amide bonds. The smallest absolute Gasteiger partial charge is 0.105 e. The summed E-state index contributed by atoms with van der Waals surface area (Å²) < 4.78 is 11.2. The van der Waals surface area contributed by atoms with Crippen molar-refractivity contribution < 1.29 is 9.47 Å². The average molecular weight is 213 g/mol. The molecule has 15 heavy (non-hydrogen) atoms. The van der Waals surface area contributed by atoms with E-state index in [1.165, 1.54) is 12.8 Å². The molecule has 0 aromatic rings. The standard InChI is InChI=1S/C12H23NO2/c1-4-13-11-10(5-6-12(11,2)3)15-9-7-14-8-9/h9-11,13H,4-8H2,1-3H3. The van der Waals surface area contributed by atoms with E-state index in [0.29, 0.717) is 23.7 Å². The first kappa shape index (κ1) is 11.4. The van der Waals surface area contributed by atoms with Gasteiger partial charge in [-0.3, -0.25) is 0 Å². The van der Waals surface area contributed by atoms with E-state index in [-0.39, 0.29) is 0 Å². The van der Waals surface area contributed by atoms with E-state index in [1.54, 1.807) is 0 Å². The van der Waals surface area contributed by atoms with Crippen molar-refractivity contribution in [2.75, 3.05) is 19.8 Å². The summed E-state index contributed by atoms with van der Waals surface area (Å²) in [5.41, 5.74) is 0.366. The normalized spacial score (nSPS) is 35.4. The minimum absolute atomic E-state index is 0.352. The third-order valence-corrected chi connectivity index (χ3v) is 3.69. The first-order valence-corrected chi connectivity index (χ1v) is 6.10. The number of ether oxygens (including phenoxy) is 2. The van der Waals surface area contributed by atoms with Crippen LogP contribution < -0.4 is 5.32 Å². The highest BCUT2D eigenvalue weighted by Gasteiger charge is 2.43. The molecule has 1 saturated carbocycles. The predicted octanol–water partition coefficient (Wildman–Crippen LogP) is 1.57. The maximum absolute atomic E-state index is 6.06. The molecule has 1 saturated heterocycles. The van der Waals surface area contributed by atoms with Gasteiger partial charge in [0.15, 0.2) is 0 Å². The zero-order valence-electron chi connectivity index (χ0n) is 10.1. The number of likely N-dealkylation sites (N-methyl/N-ethyl adjacent to an activating group) is 1. The molecule has 1 heterocycles. The fourth-order valence-corrected chi connectivity index (χ4v) is 2.65. The Morgan fingerprint density at radius 2 is 2.13 bits per heavy atom. The molecule has 0 aromatic heterocycles. The Balaban J connectivity index is 1.91. The minimum Gasteiger partial charge on any atom is -0.376 e. The van der Waals surface area contributed by atoms with Gasteiger partial charge in [-0.1, -0.05) is 20.8 Å². The van der Waals surface area contributed by atoms with Crippen LogP contribution in [0.5, 0.6) is 0 Å². The van der Waals surface area contributed by atoms with Crippen LogP contribution in [0, 0.1) is 5.41 Å². The van der Waals surface area contributed by atoms with Crippen molar-refractivity contribution in [1.29, 1.82) is 0 Å². The lowest BCUT2D eigenvalue weighted by molar-refractivity contribution is -0.159. The Morgan fingerprint density at radius 3 is 2.67 bits per heavy atom. The van der Waals surface area contributed by atoms with Crippen molar-refractivity contribution in [1.82, 2.24) is 5.32 Å². The number of nitrogens with one attached hydrogen (secondary N) is 1. The molecule has 2 rings (SSSR count). The van der Waals surface area contributed by atoms with Gasteiger partial charge in [-0.05, 0) is 24.8 Å². The van der Waals surface area contributed by atoms with Gasteiger partial charge in [-0.2, -0.15) is 0 Å². The van der Waals surface area contributed by atoms with Crippen LogP contribution in [0.1, 0.15) is 33.6 Å². The van der Waals surface area contributed by atoms with Gasteiger partial charge in [0, 0.05) is 6.04 Å². The highest BCUT2D eigenvalue weighted by molar-refractivity contribution is 4.97. The molecule has 88 valence electrons. The summed E-state index contributed by atoms with van der Waals surface area (Å²) in [7, 11) is 0. The van der Waals surface area contributed by atoms with E-state index in [1.807, 2.05) is 0 Å². The summed E-state index contributed by atoms with van der Waals surface area (Å²) in [5, 5.41) is 3.57. The van der Waals surface area contributed by atoms with Crippen LogP contribution >= 0.6 is 0 Å². The van der Waals surface area contributed by atoms with Gasteiger partial charge in [0.1, 0.15) is 6.10 Å². The van der Waals surface area contributed by atoms with Crippen molar-refractivity contribution in [2.45, 2.75) is 51.9 Å². The monoisotopic (exact) mass is 213 g/mol. The number of rotatable bonds is 4. The van der Waals surface area contributed by atoms with Crippen LogP contribution in [0.15, 0.2) is 0 Å². The molecule has 1 N–H and O–H groups in total. The molecule has 1 aliphatic carbocycles. The van der Waals surface area contributed by atoms with Crippen LogP contribution in [0.3, 0.4) is 0 Å². The maximum atomic E-state index is 6.06. The lowest BCUT2D eigenvalue weighted by atomic mass is 9.87. The SMILES string of the molecule is CCNC1C(OC2COC2)CCC1(C)C. The molecule has 2 atom stereocenters. The van der Waals surface area contributed by atoms with Gasteiger partial charge >= 0.3 is 0 Å². The molecule has 0 spiro atoms. The molecular weight excluding hydrogens is 190 g/mol. The van der Waals surface area contributed by atoms with Crippen LogP contribution in [-0.2, 0) is 9.47 Å². The zero-order chi connectivity index (χ0) is 10.9. The molecule has 3 heteroatoms. The fourth-order valence-electron chi connectivity index (χ4n) is 2.65. The summed E-state index contributed by atoms with van der Waals surface area (Å²) in [5.74, 6) is 0. The van der Waals surface area contributed by atoms with Gasteiger partial charge in [-0.25, -0.2) is 0 Å². The van der Waals surface area contributed by atoms with Gasteiger partial charge in [-0.15, -0.1) is 0 Å². The van der Waals surface area contributed by atoms with Gasteiger partial charge in [0.25, 0.3) is 0 Å². The topological polar surface area (TPSA) is 30.5 Å². The summed E-state index contributed by atoms with van der Waals surface area (Å²) in [6.07, 6.45) is 3.17. The molecule has 0 bridgehead atoms. The van der Waals surface area contributed by atoms with Gasteiger partial charge in [0.2, 0.25) is 0 Å². The molecule has 0 aromatic carbocycles. The number of hydrogen-bond donors (Lipinski definition) is 1. The summed E-state index contributed by atoms with van der Waals surface area (Å²) in [4.78, 5) is 0. The maximum Gasteiger partial charge on any atom is 0.105 e. The van der Waals surface area contributed by atoms with Crippen molar-refractivity contribution in [3.8, 4) is 0 Å². The van der Waals surface area contributed by atoms with E-state index in [0.717, 1.165) is 19.8 Å². The summed E-state index contributed by atoms with van der Waals surface area (Å²) >= 11 is 0. The highest BCUT2D eigenvalue weighted by Crippen LogP contribution is 2.39. The quantitative estimate of drug-likeness (QED) is 0.769. The van der Waals surface area contributed by atoms with Crippen molar-refractivity contribution in [3.63, 3.8) is 0 Å². The van der Waals surface area contributed by atoms with E-state index < -0.39 is 0 Å². The minimum atomic E-state index is 0.352. The van der Waals surface area contributed by atoms with E-state index in [2.05, 4.69) is 26.1 Å². The Morgan fingerprint density at radius 1 is 1.40 bits per heavy atom. The molecule has 2 aliphatic rings. The molecule has 0 radical (unpaired) electrons. The zero-order valence-corrected chi connectivity index (χ0v) is 10.1. The van der Waals surface area contributed by atoms with E-state index in [4.69, 9.17) is 9.47 Å². The van der Waals surface area contributed by atoms with Crippen LogP contribution in [0.4, 0.5) is 0 Å². The van der Waals surface area contributed by atoms with Crippen LogP contribution in [0.25, 0.3) is 0 Å². The third-order valence-electron chi connectivity index (χ3n) is 3.69. The lowest BCUT2D eigenvalue weighted by Crippen LogP contribution is -2.49. The highest BCUT2D eigenvalue weighted by atomic mass is 16.6. The Kier molecular flexibility index (Phi) is 3.33. The molecular formula is C12H23NO2. The van der Waals surface area contributed by atoms with Gasteiger partial charge < -0.3 is 14.8 Å². The molecule has 2 unspecified atom stereocenters. The first-order chi connectivity index (χ1) is 7.13. The van der Waals surface area contributed by atoms with Crippen LogP contribution in [-0.4, -0.2) is 38.0 Å². The molecule has 3 nitrogen and oxygen atoms in total. The second-order valence-corrected chi connectivity index (χ2v) is 5.40. The lowest BCUT2D eigenvalue weighted by Gasteiger charge is -2.35. The Labute approximate surface area is 92.5 Å². The van der Waals surface area contributed by atoms with Crippen molar-refractivity contribution >= 4 is 0 Å². The Hall–Kier alpha value is -0.120. The molecule has 2 fully saturated rings. The van der Waals surface area contributed by atoms with E-state index >= 15 is 0 Å². The summed E-state index contributed by atoms with van der Waals surface area (Å²) in [6.45, 7) is 9.43. The average Bonchev–Trinajstić information content (AvgIpc) is 2.38. The van der Waals surface area contributed by atoms with Crippen molar-refractivity contribution in [3.05, 3.63) is 0 Å². The van der Waals surface area contributed by atoms with E-state index in [9.17, 15) is 0 Å².